The smallest absolute Gasteiger partial charge is 0.246 e. The third kappa shape index (κ3) is 2.59. The normalized spacial score (nSPS) is 11.4. The second kappa shape index (κ2) is 5.21. The first kappa shape index (κ1) is 15.5. The summed E-state index contributed by atoms with van der Waals surface area (Å²) in [7, 11) is 3.23. The molecule has 1 aromatic carbocycles. The lowest BCUT2D eigenvalue weighted by Crippen LogP contribution is -2.45. The summed E-state index contributed by atoms with van der Waals surface area (Å²) in [4.78, 5) is 12.3. The zero-order chi connectivity index (χ0) is 15.0. The highest BCUT2D eigenvalue weighted by Crippen LogP contribution is 2.36. The molecule has 0 saturated carbocycles. The molecule has 1 amide bonds. The molecule has 1 rings (SSSR count). The molecule has 0 aliphatic rings. The lowest BCUT2D eigenvalue weighted by atomic mass is 9.77. The van der Waals surface area contributed by atoms with Crippen molar-refractivity contribution in [3.8, 4) is 5.75 Å². The number of nitrogens with two attached hydrogens (primary N) is 1. The van der Waals surface area contributed by atoms with Crippen molar-refractivity contribution < 1.29 is 9.53 Å². The van der Waals surface area contributed by atoms with Gasteiger partial charge in [0.25, 0.3) is 0 Å². The molecule has 0 aliphatic heterocycles. The largest absolute Gasteiger partial charge is 0.496 e. The SMILES string of the molecule is COc1cc(C)c(C(C)(C)C(=O)N(C)N)c(C)c1C. The zero-order valence-electron chi connectivity index (χ0n) is 12.9. The molecule has 1 aromatic rings. The third-order valence-electron chi connectivity index (χ3n) is 3.75. The number of rotatable bonds is 3. The number of hydrogen-bond acceptors (Lipinski definition) is 3. The van der Waals surface area contributed by atoms with Crippen LogP contribution >= 0.6 is 0 Å². The van der Waals surface area contributed by atoms with Crippen molar-refractivity contribution in [3.63, 3.8) is 0 Å². The maximum atomic E-state index is 12.3. The molecule has 0 radical (unpaired) electrons. The number of nitrogens with zero attached hydrogens (tertiary/aromatic N) is 1. The number of likely N-dealkylation sites (N-methyl/N-ethyl adjacent to an activating group) is 1. The Bertz CT molecular complexity index is 505. The first-order valence-corrected chi connectivity index (χ1v) is 6.32. The van der Waals surface area contributed by atoms with E-state index in [1.807, 2.05) is 40.7 Å². The standard InChI is InChI=1S/C15H24N2O2/c1-9-8-12(19-7)10(2)11(3)13(9)15(4,5)14(18)17(6)16/h8H,16H2,1-7H3. The van der Waals surface area contributed by atoms with Crippen molar-refractivity contribution in [1.82, 2.24) is 5.01 Å². The van der Waals surface area contributed by atoms with Gasteiger partial charge in [0.15, 0.2) is 0 Å². The van der Waals surface area contributed by atoms with Gasteiger partial charge in [-0.05, 0) is 62.9 Å². The highest BCUT2D eigenvalue weighted by Gasteiger charge is 2.35. The van der Waals surface area contributed by atoms with Crippen LogP contribution < -0.4 is 10.6 Å². The minimum atomic E-state index is -0.658. The van der Waals surface area contributed by atoms with Crippen LogP contribution in [-0.2, 0) is 10.2 Å². The van der Waals surface area contributed by atoms with Crippen LogP contribution in [0.1, 0.15) is 36.1 Å². The van der Waals surface area contributed by atoms with E-state index in [2.05, 4.69) is 0 Å². The first-order valence-electron chi connectivity index (χ1n) is 6.32. The minimum absolute atomic E-state index is 0.108. The van der Waals surface area contributed by atoms with Crippen molar-refractivity contribution in [2.45, 2.75) is 40.0 Å². The van der Waals surface area contributed by atoms with Gasteiger partial charge in [0, 0.05) is 7.05 Å². The van der Waals surface area contributed by atoms with Gasteiger partial charge in [0.05, 0.1) is 12.5 Å². The molecule has 0 saturated heterocycles. The summed E-state index contributed by atoms with van der Waals surface area (Å²) in [6, 6.07) is 1.98. The number of benzene rings is 1. The predicted octanol–water partition coefficient (Wildman–Crippen LogP) is 2.23. The Hall–Kier alpha value is -1.55. The summed E-state index contributed by atoms with van der Waals surface area (Å²) in [6.07, 6.45) is 0. The number of hydrazine groups is 1. The molecule has 0 spiro atoms. The topological polar surface area (TPSA) is 55.6 Å². The molecule has 0 heterocycles. The van der Waals surface area contributed by atoms with E-state index in [1.165, 1.54) is 0 Å². The molecular weight excluding hydrogens is 240 g/mol. The Morgan fingerprint density at radius 1 is 1.26 bits per heavy atom. The highest BCUT2D eigenvalue weighted by molar-refractivity contribution is 5.88. The molecule has 0 fully saturated rings. The molecule has 0 bridgehead atoms. The van der Waals surface area contributed by atoms with Crippen molar-refractivity contribution >= 4 is 5.91 Å². The van der Waals surface area contributed by atoms with Crippen molar-refractivity contribution in [2.24, 2.45) is 5.84 Å². The van der Waals surface area contributed by atoms with Crippen LogP contribution in [0.25, 0.3) is 0 Å². The number of aryl methyl sites for hydroxylation is 1. The summed E-state index contributed by atoms with van der Waals surface area (Å²) >= 11 is 0. The molecule has 0 aromatic heterocycles. The lowest BCUT2D eigenvalue weighted by molar-refractivity contribution is -0.135. The molecular formula is C15H24N2O2. The quantitative estimate of drug-likeness (QED) is 0.517. The van der Waals surface area contributed by atoms with Gasteiger partial charge >= 0.3 is 0 Å². The molecule has 19 heavy (non-hydrogen) atoms. The van der Waals surface area contributed by atoms with Crippen molar-refractivity contribution in [2.75, 3.05) is 14.2 Å². The molecule has 0 atom stereocenters. The summed E-state index contributed by atoms with van der Waals surface area (Å²) in [5.41, 5.74) is 3.54. The van der Waals surface area contributed by atoms with E-state index in [0.29, 0.717) is 0 Å². The lowest BCUT2D eigenvalue weighted by Gasteiger charge is -2.31. The van der Waals surface area contributed by atoms with E-state index < -0.39 is 5.41 Å². The van der Waals surface area contributed by atoms with E-state index in [9.17, 15) is 4.79 Å². The van der Waals surface area contributed by atoms with Gasteiger partial charge in [-0.2, -0.15) is 0 Å². The van der Waals surface area contributed by atoms with Gasteiger partial charge in [-0.25, -0.2) is 5.84 Å². The third-order valence-corrected chi connectivity index (χ3v) is 3.75. The van der Waals surface area contributed by atoms with Gasteiger partial charge < -0.3 is 4.74 Å². The fourth-order valence-electron chi connectivity index (χ4n) is 2.77. The average molecular weight is 264 g/mol. The maximum absolute atomic E-state index is 12.3. The molecule has 4 nitrogen and oxygen atoms in total. The molecule has 0 unspecified atom stereocenters. The molecule has 0 aliphatic carbocycles. The van der Waals surface area contributed by atoms with Crippen LogP contribution in [0.4, 0.5) is 0 Å². The number of methoxy groups -OCH3 is 1. The number of hydrogen-bond donors (Lipinski definition) is 1. The number of carbonyl (C=O) groups is 1. The fourth-order valence-corrected chi connectivity index (χ4v) is 2.77. The second-order valence-corrected chi connectivity index (χ2v) is 5.56. The van der Waals surface area contributed by atoms with Crippen LogP contribution in [-0.4, -0.2) is 25.1 Å². The number of ether oxygens (including phenoxy) is 1. The minimum Gasteiger partial charge on any atom is -0.496 e. The fraction of sp³-hybridized carbons (Fsp3) is 0.533. The number of amides is 1. The Morgan fingerprint density at radius 2 is 1.79 bits per heavy atom. The zero-order valence-corrected chi connectivity index (χ0v) is 12.9. The van der Waals surface area contributed by atoms with Gasteiger partial charge in [-0.15, -0.1) is 0 Å². The maximum Gasteiger partial charge on any atom is 0.246 e. The first-order chi connectivity index (χ1) is 8.64. The average Bonchev–Trinajstić information content (AvgIpc) is 2.32. The van der Waals surface area contributed by atoms with Crippen molar-refractivity contribution in [1.29, 1.82) is 0 Å². The van der Waals surface area contributed by atoms with Gasteiger partial charge in [0.2, 0.25) is 5.91 Å². The van der Waals surface area contributed by atoms with Gasteiger partial charge in [0.1, 0.15) is 5.75 Å². The molecule has 106 valence electrons. The molecule has 4 heteroatoms. The van der Waals surface area contributed by atoms with E-state index in [0.717, 1.165) is 33.0 Å². The Kier molecular flexibility index (Phi) is 4.25. The van der Waals surface area contributed by atoms with Crippen LogP contribution in [0, 0.1) is 20.8 Å². The predicted molar refractivity (Wildman–Crippen MR) is 77.2 cm³/mol. The Morgan fingerprint density at radius 3 is 2.21 bits per heavy atom. The van der Waals surface area contributed by atoms with Gasteiger partial charge in [-0.3, -0.25) is 9.80 Å². The Labute approximate surface area is 115 Å². The summed E-state index contributed by atoms with van der Waals surface area (Å²) in [6.45, 7) is 9.82. The summed E-state index contributed by atoms with van der Waals surface area (Å²) < 4.78 is 5.36. The second-order valence-electron chi connectivity index (χ2n) is 5.56. The monoisotopic (exact) mass is 264 g/mol. The van der Waals surface area contributed by atoms with E-state index >= 15 is 0 Å². The molecule has 2 N–H and O–H groups in total. The number of carbonyl (C=O) groups excluding carboxylic acids is 1. The van der Waals surface area contributed by atoms with Crippen LogP contribution in [0.15, 0.2) is 6.07 Å². The van der Waals surface area contributed by atoms with Crippen LogP contribution in [0.2, 0.25) is 0 Å². The summed E-state index contributed by atoms with van der Waals surface area (Å²) in [5, 5.41) is 1.15. The van der Waals surface area contributed by atoms with Crippen LogP contribution in [0.5, 0.6) is 5.75 Å². The van der Waals surface area contributed by atoms with Crippen LogP contribution in [0.3, 0.4) is 0 Å². The van der Waals surface area contributed by atoms with Gasteiger partial charge in [-0.1, -0.05) is 0 Å². The van der Waals surface area contributed by atoms with Crippen molar-refractivity contribution in [3.05, 3.63) is 28.3 Å². The van der Waals surface area contributed by atoms with E-state index in [-0.39, 0.29) is 5.91 Å². The van der Waals surface area contributed by atoms with E-state index in [4.69, 9.17) is 10.6 Å². The highest BCUT2D eigenvalue weighted by atomic mass is 16.5. The van der Waals surface area contributed by atoms with E-state index in [1.54, 1.807) is 14.2 Å². The summed E-state index contributed by atoms with van der Waals surface area (Å²) in [5.74, 6) is 6.35. The Balaban J connectivity index is 3.52.